The van der Waals surface area contributed by atoms with Gasteiger partial charge in [0.05, 0.1) is 22.8 Å². The predicted molar refractivity (Wildman–Crippen MR) is 120 cm³/mol. The molecule has 0 bridgehead atoms. The van der Waals surface area contributed by atoms with E-state index in [0.717, 1.165) is 16.9 Å². The van der Waals surface area contributed by atoms with Gasteiger partial charge in [-0.15, -0.1) is 11.8 Å². The van der Waals surface area contributed by atoms with Crippen molar-refractivity contribution in [3.63, 3.8) is 0 Å². The van der Waals surface area contributed by atoms with Crippen LogP contribution < -0.4 is 9.64 Å². The van der Waals surface area contributed by atoms with E-state index in [-0.39, 0.29) is 17.1 Å². The van der Waals surface area contributed by atoms with Crippen LogP contribution in [-0.4, -0.2) is 23.7 Å². The smallest absolute Gasteiger partial charge is 0.272 e. The van der Waals surface area contributed by atoms with Crippen LogP contribution in [0.4, 0.5) is 5.69 Å². The summed E-state index contributed by atoms with van der Waals surface area (Å²) >= 11 is 1.43. The number of rotatable bonds is 7. The maximum absolute atomic E-state index is 13.3. The van der Waals surface area contributed by atoms with Crippen LogP contribution in [-0.2, 0) is 9.59 Å². The average molecular weight is 410 g/mol. The molecular weight excluding hydrogens is 382 g/mol. The van der Waals surface area contributed by atoms with Gasteiger partial charge >= 0.3 is 0 Å². The highest BCUT2D eigenvalue weighted by molar-refractivity contribution is 8.04. The van der Waals surface area contributed by atoms with E-state index in [4.69, 9.17) is 4.74 Å². The summed E-state index contributed by atoms with van der Waals surface area (Å²) in [5.41, 5.74) is 2.87. The van der Waals surface area contributed by atoms with Gasteiger partial charge in [-0.05, 0) is 42.7 Å². The maximum Gasteiger partial charge on any atom is 0.272 e. The standard InChI is InChI=1S/C24H27NO3S/c1-15(2)14-28-20-12-8-18(9-13-20)21-22(29-16(3)4)24(27)25(23(21)26)19-10-6-17(5)7-11-19/h6-13,15-16H,14H2,1-5H3. The fraction of sp³-hybridized carbons (Fsp3) is 0.333. The SMILES string of the molecule is Cc1ccc(N2C(=O)C(SC(C)C)=C(c3ccc(OCC(C)C)cc3)C2=O)cc1. The molecular formula is C24H27NO3S. The number of benzene rings is 2. The van der Waals surface area contributed by atoms with Gasteiger partial charge in [0.1, 0.15) is 5.75 Å². The minimum absolute atomic E-state index is 0.184. The Morgan fingerprint density at radius 3 is 2.07 bits per heavy atom. The van der Waals surface area contributed by atoms with Crippen molar-refractivity contribution in [3.8, 4) is 5.75 Å². The molecule has 1 aliphatic heterocycles. The topological polar surface area (TPSA) is 46.6 Å². The molecule has 0 saturated carbocycles. The summed E-state index contributed by atoms with van der Waals surface area (Å²) in [5, 5.41) is 0.184. The Kier molecular flexibility index (Phi) is 6.48. The van der Waals surface area contributed by atoms with Crippen molar-refractivity contribution < 1.29 is 14.3 Å². The number of thioether (sulfide) groups is 1. The summed E-state index contributed by atoms with van der Waals surface area (Å²) in [6.45, 7) is 10.8. The molecule has 0 N–H and O–H groups in total. The van der Waals surface area contributed by atoms with Gasteiger partial charge in [-0.25, -0.2) is 4.90 Å². The highest BCUT2D eigenvalue weighted by atomic mass is 32.2. The molecule has 152 valence electrons. The van der Waals surface area contributed by atoms with Crippen LogP contribution in [0.15, 0.2) is 53.4 Å². The Morgan fingerprint density at radius 1 is 0.897 bits per heavy atom. The molecule has 0 aliphatic carbocycles. The van der Waals surface area contributed by atoms with Gasteiger partial charge in [0, 0.05) is 5.25 Å². The molecule has 3 rings (SSSR count). The molecule has 0 unspecified atom stereocenters. The molecule has 0 saturated heterocycles. The average Bonchev–Trinajstić information content (AvgIpc) is 2.91. The van der Waals surface area contributed by atoms with Gasteiger partial charge in [-0.2, -0.15) is 0 Å². The first-order valence-electron chi connectivity index (χ1n) is 9.87. The molecule has 5 heteroatoms. The lowest BCUT2D eigenvalue weighted by atomic mass is 10.1. The fourth-order valence-electron chi connectivity index (χ4n) is 3.02. The number of nitrogens with zero attached hydrogens (tertiary/aromatic N) is 1. The zero-order chi connectivity index (χ0) is 21.1. The molecule has 0 atom stereocenters. The quantitative estimate of drug-likeness (QED) is 0.570. The molecule has 2 aromatic carbocycles. The zero-order valence-electron chi connectivity index (χ0n) is 17.6. The van der Waals surface area contributed by atoms with E-state index in [2.05, 4.69) is 13.8 Å². The monoisotopic (exact) mass is 409 g/mol. The first-order chi connectivity index (χ1) is 13.8. The van der Waals surface area contributed by atoms with Crippen LogP contribution in [0.1, 0.15) is 38.8 Å². The number of amides is 2. The lowest BCUT2D eigenvalue weighted by Gasteiger charge is -2.15. The van der Waals surface area contributed by atoms with Crippen molar-refractivity contribution in [1.29, 1.82) is 0 Å². The van der Waals surface area contributed by atoms with E-state index in [1.54, 1.807) is 0 Å². The third kappa shape index (κ3) is 4.73. The summed E-state index contributed by atoms with van der Waals surface area (Å²) < 4.78 is 5.74. The molecule has 2 amide bonds. The minimum atomic E-state index is -0.280. The van der Waals surface area contributed by atoms with Crippen molar-refractivity contribution >= 4 is 34.8 Å². The second-order valence-corrected chi connectivity index (χ2v) is 9.47. The molecule has 1 aliphatic rings. The highest BCUT2D eigenvalue weighted by Crippen LogP contribution is 2.40. The van der Waals surface area contributed by atoms with Gasteiger partial charge in [0.25, 0.3) is 11.8 Å². The van der Waals surface area contributed by atoms with Gasteiger partial charge < -0.3 is 4.74 Å². The van der Waals surface area contributed by atoms with Crippen LogP contribution >= 0.6 is 11.8 Å². The van der Waals surface area contributed by atoms with Crippen molar-refractivity contribution in [2.24, 2.45) is 5.92 Å². The van der Waals surface area contributed by atoms with Crippen molar-refractivity contribution in [2.75, 3.05) is 11.5 Å². The lowest BCUT2D eigenvalue weighted by molar-refractivity contribution is -0.119. The Labute approximate surface area is 176 Å². The minimum Gasteiger partial charge on any atom is -0.493 e. The fourth-order valence-corrected chi connectivity index (χ4v) is 4.00. The molecule has 29 heavy (non-hydrogen) atoms. The molecule has 0 fully saturated rings. The highest BCUT2D eigenvalue weighted by Gasteiger charge is 2.40. The normalized spacial score (nSPS) is 14.5. The second-order valence-electron chi connectivity index (χ2n) is 7.88. The number of imide groups is 1. The third-order valence-corrected chi connectivity index (χ3v) is 5.50. The summed E-state index contributed by atoms with van der Waals surface area (Å²) in [4.78, 5) is 28.2. The van der Waals surface area contributed by atoms with Crippen LogP contribution in [0, 0.1) is 12.8 Å². The number of aryl methyl sites for hydroxylation is 1. The summed E-state index contributed by atoms with van der Waals surface area (Å²) in [7, 11) is 0. The van der Waals surface area contributed by atoms with E-state index < -0.39 is 0 Å². The molecule has 0 aromatic heterocycles. The van der Waals surface area contributed by atoms with Crippen LogP contribution in [0.25, 0.3) is 5.57 Å². The van der Waals surface area contributed by atoms with E-state index in [0.29, 0.717) is 28.7 Å². The first-order valence-corrected chi connectivity index (χ1v) is 10.8. The number of anilines is 1. The predicted octanol–water partition coefficient (Wildman–Crippen LogP) is 5.46. The molecule has 0 spiro atoms. The van der Waals surface area contributed by atoms with Gasteiger partial charge in [0.15, 0.2) is 0 Å². The van der Waals surface area contributed by atoms with Crippen LogP contribution in [0.5, 0.6) is 5.75 Å². The Hall–Kier alpha value is -2.53. The Balaban J connectivity index is 1.96. The van der Waals surface area contributed by atoms with Gasteiger partial charge in [-0.3, -0.25) is 9.59 Å². The number of ether oxygens (including phenoxy) is 1. The van der Waals surface area contributed by atoms with Gasteiger partial charge in [0.2, 0.25) is 0 Å². The van der Waals surface area contributed by atoms with Crippen LogP contribution in [0.3, 0.4) is 0 Å². The van der Waals surface area contributed by atoms with Crippen molar-refractivity contribution in [2.45, 2.75) is 39.9 Å². The van der Waals surface area contributed by atoms with E-state index in [9.17, 15) is 9.59 Å². The molecule has 2 aromatic rings. The molecule has 0 radical (unpaired) electrons. The van der Waals surface area contributed by atoms with E-state index in [1.807, 2.05) is 69.3 Å². The number of carbonyl (C=O) groups excluding carboxylic acids is 2. The molecule has 1 heterocycles. The van der Waals surface area contributed by atoms with E-state index in [1.165, 1.54) is 16.7 Å². The number of carbonyl (C=O) groups is 2. The number of hydrogen-bond acceptors (Lipinski definition) is 4. The second kappa shape index (κ2) is 8.87. The largest absolute Gasteiger partial charge is 0.493 e. The van der Waals surface area contributed by atoms with E-state index >= 15 is 0 Å². The van der Waals surface area contributed by atoms with Crippen LogP contribution in [0.2, 0.25) is 0 Å². The molecule has 4 nitrogen and oxygen atoms in total. The summed E-state index contributed by atoms with van der Waals surface area (Å²) in [6.07, 6.45) is 0. The maximum atomic E-state index is 13.3. The number of hydrogen-bond donors (Lipinski definition) is 0. The lowest BCUT2D eigenvalue weighted by Crippen LogP contribution is -2.31. The zero-order valence-corrected chi connectivity index (χ0v) is 18.4. The summed E-state index contributed by atoms with van der Waals surface area (Å²) in [5.74, 6) is 0.655. The Bertz CT molecular complexity index is 928. The third-order valence-electron chi connectivity index (χ3n) is 4.41. The van der Waals surface area contributed by atoms with Crippen molar-refractivity contribution in [3.05, 3.63) is 64.6 Å². The first kappa shape index (κ1) is 21.2. The van der Waals surface area contributed by atoms with Gasteiger partial charge in [-0.1, -0.05) is 57.5 Å². The Morgan fingerprint density at radius 2 is 1.52 bits per heavy atom. The van der Waals surface area contributed by atoms with Crippen molar-refractivity contribution in [1.82, 2.24) is 0 Å². The summed E-state index contributed by atoms with van der Waals surface area (Å²) in [6, 6.07) is 14.9.